The van der Waals surface area contributed by atoms with Crippen LogP contribution in [0.25, 0.3) is 0 Å². The topological polar surface area (TPSA) is 106 Å². The van der Waals surface area contributed by atoms with Crippen molar-refractivity contribution < 1.29 is 27.6 Å². The molecule has 2 amide bonds. The fourth-order valence-corrected chi connectivity index (χ4v) is 2.27. The highest BCUT2D eigenvalue weighted by Gasteiger charge is 2.31. The number of rotatable bonds is 6. The maximum absolute atomic E-state index is 12.7. The molecule has 0 aromatic heterocycles. The molecule has 0 unspecified atom stereocenters. The summed E-state index contributed by atoms with van der Waals surface area (Å²) in [5.74, 6) is -0.0291. The molecule has 28 heavy (non-hydrogen) atoms. The number of alkyl halides is 3. The first-order chi connectivity index (χ1) is 13.1. The van der Waals surface area contributed by atoms with Crippen LogP contribution in [-0.2, 0) is 6.18 Å². The predicted octanol–water partition coefficient (Wildman–Crippen LogP) is 4.71. The molecule has 150 valence electrons. The van der Waals surface area contributed by atoms with E-state index in [-0.39, 0.29) is 27.9 Å². The fourth-order valence-electron chi connectivity index (χ4n) is 2.05. The van der Waals surface area contributed by atoms with Gasteiger partial charge in [0.05, 0.1) is 15.5 Å². The molecule has 12 heteroatoms. The van der Waals surface area contributed by atoms with Gasteiger partial charge in [0, 0.05) is 18.7 Å². The van der Waals surface area contributed by atoms with Crippen LogP contribution in [0.15, 0.2) is 36.4 Å². The summed E-state index contributed by atoms with van der Waals surface area (Å²) in [5.41, 5.74) is 3.19. The summed E-state index contributed by atoms with van der Waals surface area (Å²) in [7, 11) is 0. The number of nitro benzene ring substituents is 1. The fraction of sp³-hybridized carbons (Fsp3) is 0.188. The number of carbonyl (C=O) groups is 1. The van der Waals surface area contributed by atoms with Gasteiger partial charge in [-0.15, -0.1) is 0 Å². The molecule has 2 aromatic rings. The van der Waals surface area contributed by atoms with Crippen LogP contribution in [0.4, 0.5) is 29.3 Å². The van der Waals surface area contributed by atoms with Crippen molar-refractivity contribution in [3.63, 3.8) is 0 Å². The lowest BCUT2D eigenvalue weighted by atomic mass is 10.2. The van der Waals surface area contributed by atoms with Gasteiger partial charge in [-0.05, 0) is 31.2 Å². The number of hydrogen-bond acceptors (Lipinski definition) is 5. The van der Waals surface area contributed by atoms with Crippen LogP contribution in [0.1, 0.15) is 12.5 Å². The highest BCUT2D eigenvalue weighted by atomic mass is 35.5. The second-order valence-electron chi connectivity index (χ2n) is 5.29. The van der Waals surface area contributed by atoms with E-state index in [1.165, 1.54) is 12.1 Å². The quantitative estimate of drug-likeness (QED) is 0.465. The summed E-state index contributed by atoms with van der Waals surface area (Å²) >= 11 is 5.83. The van der Waals surface area contributed by atoms with Gasteiger partial charge in [0.15, 0.2) is 0 Å². The molecule has 0 atom stereocenters. The van der Waals surface area contributed by atoms with E-state index < -0.39 is 22.7 Å². The molecule has 0 saturated heterocycles. The standard InChI is InChI=1S/C16H14ClF3N4O4/c1-2-21-15(25)23-22-12-8-10(4-5-13(12)24(26)27)28-14-6-3-9(7-11(14)17)16(18,19)20/h3-8,22H,2H2,1H3,(H2,21,23,25). The van der Waals surface area contributed by atoms with Crippen molar-refractivity contribution in [2.75, 3.05) is 12.0 Å². The Kier molecular flexibility index (Phi) is 6.52. The first kappa shape index (κ1) is 21.1. The number of ether oxygens (including phenoxy) is 1. The zero-order valence-electron chi connectivity index (χ0n) is 14.3. The summed E-state index contributed by atoms with van der Waals surface area (Å²) in [4.78, 5) is 21.9. The van der Waals surface area contributed by atoms with Gasteiger partial charge in [0.25, 0.3) is 5.69 Å². The number of hydrazine groups is 1. The van der Waals surface area contributed by atoms with E-state index in [2.05, 4.69) is 16.2 Å². The van der Waals surface area contributed by atoms with Crippen molar-refractivity contribution >= 4 is 29.0 Å². The van der Waals surface area contributed by atoms with Gasteiger partial charge in [0.1, 0.15) is 17.2 Å². The monoisotopic (exact) mass is 418 g/mol. The van der Waals surface area contributed by atoms with Crippen LogP contribution in [-0.4, -0.2) is 17.5 Å². The third-order valence-corrected chi connectivity index (χ3v) is 3.60. The van der Waals surface area contributed by atoms with Crippen molar-refractivity contribution in [3.8, 4) is 11.5 Å². The van der Waals surface area contributed by atoms with Gasteiger partial charge in [-0.2, -0.15) is 13.2 Å². The van der Waals surface area contributed by atoms with E-state index in [4.69, 9.17) is 16.3 Å². The molecule has 0 saturated carbocycles. The minimum atomic E-state index is -4.56. The van der Waals surface area contributed by atoms with Gasteiger partial charge >= 0.3 is 12.2 Å². The number of nitrogens with one attached hydrogen (secondary N) is 3. The SMILES string of the molecule is CCNC(=O)NNc1cc(Oc2ccc(C(F)(F)F)cc2Cl)ccc1[N+](=O)[O-]. The second kappa shape index (κ2) is 8.65. The van der Waals surface area contributed by atoms with Crippen molar-refractivity contribution in [2.45, 2.75) is 13.1 Å². The molecule has 2 rings (SSSR count). The Morgan fingerprint density at radius 2 is 1.96 bits per heavy atom. The molecular formula is C16H14ClF3N4O4. The molecule has 0 aliphatic heterocycles. The van der Waals surface area contributed by atoms with E-state index in [1.54, 1.807) is 6.92 Å². The first-order valence-corrected chi connectivity index (χ1v) is 8.12. The van der Waals surface area contributed by atoms with Gasteiger partial charge in [-0.25, -0.2) is 4.79 Å². The molecule has 8 nitrogen and oxygen atoms in total. The van der Waals surface area contributed by atoms with Crippen LogP contribution in [0.5, 0.6) is 11.5 Å². The van der Waals surface area contributed by atoms with E-state index in [9.17, 15) is 28.1 Å². The van der Waals surface area contributed by atoms with E-state index in [0.29, 0.717) is 12.6 Å². The Hall–Kier alpha value is -3.21. The Balaban J connectivity index is 2.25. The molecule has 0 aliphatic carbocycles. The molecule has 3 N–H and O–H groups in total. The number of benzene rings is 2. The molecule has 0 radical (unpaired) electrons. The second-order valence-corrected chi connectivity index (χ2v) is 5.70. The van der Waals surface area contributed by atoms with E-state index >= 15 is 0 Å². The van der Waals surface area contributed by atoms with E-state index in [1.807, 2.05) is 0 Å². The third-order valence-electron chi connectivity index (χ3n) is 3.30. The average molecular weight is 419 g/mol. The summed E-state index contributed by atoms with van der Waals surface area (Å²) in [6.45, 7) is 2.02. The minimum absolute atomic E-state index is 0.0486. The number of nitro groups is 1. The van der Waals surface area contributed by atoms with Crippen LogP contribution in [0, 0.1) is 10.1 Å². The lowest BCUT2D eigenvalue weighted by molar-refractivity contribution is -0.384. The number of hydrogen-bond donors (Lipinski definition) is 3. The normalized spacial score (nSPS) is 10.9. The Morgan fingerprint density at radius 3 is 2.54 bits per heavy atom. The Labute approximate surface area is 161 Å². The maximum Gasteiger partial charge on any atom is 0.416 e. The van der Waals surface area contributed by atoms with Gasteiger partial charge < -0.3 is 10.1 Å². The third kappa shape index (κ3) is 5.39. The van der Waals surface area contributed by atoms with Gasteiger partial charge in [-0.1, -0.05) is 11.6 Å². The average Bonchev–Trinajstić information content (AvgIpc) is 2.61. The van der Waals surface area contributed by atoms with Crippen molar-refractivity contribution in [1.29, 1.82) is 0 Å². The highest BCUT2D eigenvalue weighted by Crippen LogP contribution is 2.37. The Bertz CT molecular complexity index is 893. The van der Waals surface area contributed by atoms with Crippen LogP contribution in [0.3, 0.4) is 0 Å². The molecule has 0 heterocycles. The zero-order valence-corrected chi connectivity index (χ0v) is 15.0. The Morgan fingerprint density at radius 1 is 1.25 bits per heavy atom. The summed E-state index contributed by atoms with van der Waals surface area (Å²) in [5, 5.41) is 13.2. The lowest BCUT2D eigenvalue weighted by Crippen LogP contribution is -2.38. The largest absolute Gasteiger partial charge is 0.456 e. The summed E-state index contributed by atoms with van der Waals surface area (Å²) < 4.78 is 43.5. The van der Waals surface area contributed by atoms with Gasteiger partial charge in [-0.3, -0.25) is 21.0 Å². The zero-order chi connectivity index (χ0) is 20.9. The molecule has 0 spiro atoms. The van der Waals surface area contributed by atoms with Crippen LogP contribution < -0.4 is 20.9 Å². The molecule has 2 aromatic carbocycles. The lowest BCUT2D eigenvalue weighted by Gasteiger charge is -2.13. The van der Waals surface area contributed by atoms with Crippen molar-refractivity contribution in [3.05, 3.63) is 57.1 Å². The number of amides is 2. The summed E-state index contributed by atoms with van der Waals surface area (Å²) in [6, 6.07) is 5.46. The highest BCUT2D eigenvalue weighted by molar-refractivity contribution is 6.32. The predicted molar refractivity (Wildman–Crippen MR) is 95.5 cm³/mol. The first-order valence-electron chi connectivity index (χ1n) is 7.74. The van der Waals surface area contributed by atoms with Crippen LogP contribution >= 0.6 is 11.6 Å². The number of urea groups is 1. The molecule has 0 bridgehead atoms. The molecular weight excluding hydrogens is 405 g/mol. The van der Waals surface area contributed by atoms with E-state index in [0.717, 1.165) is 18.2 Å². The number of halogens is 4. The smallest absolute Gasteiger partial charge is 0.416 e. The number of carbonyl (C=O) groups excluding carboxylic acids is 1. The number of nitrogens with zero attached hydrogens (tertiary/aromatic N) is 1. The number of anilines is 1. The molecule has 0 aliphatic rings. The minimum Gasteiger partial charge on any atom is -0.456 e. The van der Waals surface area contributed by atoms with Crippen LogP contribution in [0.2, 0.25) is 5.02 Å². The summed E-state index contributed by atoms with van der Waals surface area (Å²) in [6.07, 6.45) is -4.56. The van der Waals surface area contributed by atoms with Gasteiger partial charge in [0.2, 0.25) is 0 Å². The maximum atomic E-state index is 12.7. The van der Waals surface area contributed by atoms with Crippen molar-refractivity contribution in [1.82, 2.24) is 10.7 Å². The molecule has 0 fully saturated rings. The van der Waals surface area contributed by atoms with Crippen molar-refractivity contribution in [2.24, 2.45) is 0 Å².